The van der Waals surface area contributed by atoms with Crippen molar-refractivity contribution in [2.75, 3.05) is 13.2 Å². The Morgan fingerprint density at radius 3 is 1.89 bits per heavy atom. The van der Waals surface area contributed by atoms with Crippen LogP contribution in [-0.4, -0.2) is 51.2 Å². The molecule has 0 fully saturated rings. The molecule has 13 heteroatoms. The van der Waals surface area contributed by atoms with Gasteiger partial charge in [-0.2, -0.15) is 5.11 Å². The van der Waals surface area contributed by atoms with E-state index in [0.717, 1.165) is 0 Å². The molecule has 0 saturated heterocycles. The largest absolute Gasteiger partial charge is 0.469 e. The Kier molecular flexibility index (Phi) is 7.81. The Morgan fingerprint density at radius 2 is 1.47 bits per heavy atom. The van der Waals surface area contributed by atoms with Gasteiger partial charge in [0, 0.05) is 0 Å². The van der Waals surface area contributed by atoms with Crippen LogP contribution in [0.1, 0.15) is 6.92 Å². The Hall–Kier alpha value is 0.1000. The molecule has 0 aliphatic heterocycles. The molecule has 115 valence electrons. The van der Waals surface area contributed by atoms with Gasteiger partial charge in [-0.05, 0) is 6.92 Å². The van der Waals surface area contributed by atoms with Gasteiger partial charge in [-0.1, -0.05) is 0 Å². The molecule has 0 spiro atoms. The van der Waals surface area contributed by atoms with E-state index in [1.165, 1.54) is 6.92 Å². The number of phosphoric ester groups is 2. The minimum absolute atomic E-state index is 0.547. The molecule has 0 aromatic carbocycles. The smallest absolute Gasteiger partial charge is 0.343 e. The fraction of sp³-hybridized carbons (Fsp3) is 1.00. The maximum absolute atomic E-state index is 11.3. The van der Waals surface area contributed by atoms with Gasteiger partial charge in [-0.25, -0.2) is 9.13 Å². The predicted octanol–water partition coefficient (Wildman–Crippen LogP) is -1.31. The molecule has 0 aromatic heterocycles. The quantitative estimate of drug-likeness (QED) is 0.251. The minimum Gasteiger partial charge on any atom is -0.343 e. The average molecular weight is 324 g/mol. The van der Waals surface area contributed by atoms with Crippen molar-refractivity contribution in [3.8, 4) is 0 Å². The van der Waals surface area contributed by atoms with Crippen LogP contribution in [0.2, 0.25) is 0 Å². The molecule has 3 atom stereocenters. The van der Waals surface area contributed by atoms with Crippen LogP contribution in [-0.2, 0) is 28.0 Å². The van der Waals surface area contributed by atoms with Gasteiger partial charge in [0.15, 0.2) is 0 Å². The average Bonchev–Trinajstić information content (AvgIpc) is 2.21. The number of rotatable bonds is 9. The van der Waals surface area contributed by atoms with Gasteiger partial charge >= 0.3 is 15.6 Å². The lowest BCUT2D eigenvalue weighted by Crippen LogP contribution is -2.41. The number of nitrogens with two attached hydrogens (primary N) is 1. The first-order chi connectivity index (χ1) is 8.41. The molecule has 6 N–H and O–H groups in total. The third-order valence-electron chi connectivity index (χ3n) is 1.63. The molecule has 0 bridgehead atoms. The third-order valence-corrected chi connectivity index (χ3v) is 2.60. The highest BCUT2D eigenvalue weighted by molar-refractivity contribution is 7.46. The number of phosphoric acid groups is 2. The van der Waals surface area contributed by atoms with Crippen LogP contribution in [0.15, 0.2) is 0 Å². The highest BCUT2D eigenvalue weighted by atomic mass is 31.2. The first kappa shape index (κ1) is 19.1. The van der Waals surface area contributed by atoms with E-state index in [1.54, 1.807) is 0 Å². The maximum Gasteiger partial charge on any atom is 0.469 e. The summed E-state index contributed by atoms with van der Waals surface area (Å²) in [6.45, 7) is 0.0245. The molecular formula is C6H16NO10P2. The Balaban J connectivity index is 4.04. The highest BCUT2D eigenvalue weighted by Gasteiger charge is 2.25. The van der Waals surface area contributed by atoms with Gasteiger partial charge < -0.3 is 30.0 Å². The summed E-state index contributed by atoms with van der Waals surface area (Å²) in [7, 11) is -9.39. The van der Waals surface area contributed by atoms with Crippen molar-refractivity contribution in [2.24, 2.45) is 5.73 Å². The van der Waals surface area contributed by atoms with Crippen LogP contribution < -0.4 is 5.73 Å². The second-order valence-electron chi connectivity index (χ2n) is 3.55. The molecule has 0 aromatic rings. The van der Waals surface area contributed by atoms with Gasteiger partial charge in [0.25, 0.3) is 0 Å². The molecule has 0 heterocycles. The minimum atomic E-state index is -4.73. The topological polar surface area (TPSA) is 189 Å². The van der Waals surface area contributed by atoms with Crippen LogP contribution in [0.25, 0.3) is 0 Å². The van der Waals surface area contributed by atoms with Crippen LogP contribution in [0, 0.1) is 0 Å². The van der Waals surface area contributed by atoms with Crippen LogP contribution >= 0.6 is 15.6 Å². The molecule has 2 unspecified atom stereocenters. The fourth-order valence-corrected chi connectivity index (χ4v) is 1.60. The van der Waals surface area contributed by atoms with Crippen LogP contribution in [0.4, 0.5) is 0 Å². The van der Waals surface area contributed by atoms with Gasteiger partial charge in [-0.15, -0.1) is 0 Å². The first-order valence-electron chi connectivity index (χ1n) is 4.88. The predicted molar refractivity (Wildman–Crippen MR) is 59.0 cm³/mol. The second-order valence-corrected chi connectivity index (χ2v) is 6.03. The molecule has 0 aliphatic carbocycles. The molecule has 1 radical (unpaired) electrons. The van der Waals surface area contributed by atoms with Crippen LogP contribution in [0.3, 0.4) is 0 Å². The lowest BCUT2D eigenvalue weighted by Gasteiger charge is -2.21. The second kappa shape index (κ2) is 7.77. The Morgan fingerprint density at radius 1 is 1.05 bits per heavy atom. The fourth-order valence-electron chi connectivity index (χ4n) is 0.833. The van der Waals surface area contributed by atoms with Gasteiger partial charge in [0.1, 0.15) is 0 Å². The van der Waals surface area contributed by atoms with Gasteiger partial charge in [0.2, 0.25) is 6.29 Å². The van der Waals surface area contributed by atoms with E-state index in [0.29, 0.717) is 0 Å². The zero-order chi connectivity index (χ0) is 15.3. The van der Waals surface area contributed by atoms with Crippen molar-refractivity contribution in [1.82, 2.24) is 0 Å². The van der Waals surface area contributed by atoms with Crippen molar-refractivity contribution in [2.45, 2.75) is 25.4 Å². The van der Waals surface area contributed by atoms with E-state index in [2.05, 4.69) is 9.05 Å². The van der Waals surface area contributed by atoms with E-state index in [4.69, 9.17) is 30.0 Å². The number of hydrogen-bond acceptors (Lipinski definition) is 6. The normalized spacial score (nSPS) is 18.1. The van der Waals surface area contributed by atoms with Crippen molar-refractivity contribution in [3.05, 3.63) is 0 Å². The van der Waals surface area contributed by atoms with Gasteiger partial charge in [-0.3, -0.25) is 9.05 Å². The summed E-state index contributed by atoms with van der Waals surface area (Å²) in [5, 5.41) is 11.3. The molecule has 0 amide bonds. The summed E-state index contributed by atoms with van der Waals surface area (Å²) in [6.07, 6.45) is -2.88. The van der Waals surface area contributed by atoms with E-state index < -0.39 is 47.3 Å². The van der Waals surface area contributed by atoms with Crippen molar-refractivity contribution in [1.29, 1.82) is 0 Å². The summed E-state index contributed by atoms with van der Waals surface area (Å²) in [5.74, 6) is 0. The van der Waals surface area contributed by atoms with E-state index in [1.807, 2.05) is 0 Å². The van der Waals surface area contributed by atoms with Gasteiger partial charge in [0.05, 0.1) is 25.4 Å². The third kappa shape index (κ3) is 11.6. The monoisotopic (exact) mass is 324 g/mol. The lowest BCUT2D eigenvalue weighted by molar-refractivity contribution is -0.186. The molecule has 0 rings (SSSR count). The molecule has 0 aliphatic rings. The van der Waals surface area contributed by atoms with E-state index in [-0.39, 0.29) is 0 Å². The standard InChI is InChI=1S/C6H16NO10P2/c1-4(2-15-18(9,10)11)17-6(8)5(7)3-16-19(12,13)14/h4-6H,2-3,7H2,1H3,(H2,9,10,11)(H2,12,13,14)/t4?,5-,6?/m0/s1. The zero-order valence-corrected chi connectivity index (χ0v) is 11.6. The summed E-state index contributed by atoms with van der Waals surface area (Å²) < 4.78 is 33.5. The lowest BCUT2D eigenvalue weighted by atomic mass is 10.3. The van der Waals surface area contributed by atoms with Crippen molar-refractivity contribution in [3.63, 3.8) is 0 Å². The number of hydrogen-bond donors (Lipinski definition) is 5. The molecule has 11 nitrogen and oxygen atoms in total. The Labute approximate surface area is 108 Å². The van der Waals surface area contributed by atoms with E-state index >= 15 is 0 Å². The van der Waals surface area contributed by atoms with Crippen molar-refractivity contribution < 1.29 is 47.6 Å². The highest BCUT2D eigenvalue weighted by Crippen LogP contribution is 2.36. The summed E-state index contributed by atoms with van der Waals surface area (Å²) >= 11 is 0. The van der Waals surface area contributed by atoms with Crippen molar-refractivity contribution >= 4 is 15.6 Å². The number of ether oxygens (including phenoxy) is 1. The SMILES string of the molecule is CC(COP(=O)(O)O)OC([O])[C@@H](N)COP(=O)(O)O. The molecular weight excluding hydrogens is 308 g/mol. The molecule has 0 saturated carbocycles. The Bertz CT molecular complexity index is 352. The summed E-state index contributed by atoms with van der Waals surface area (Å²) in [6, 6.07) is -1.37. The first-order valence-corrected chi connectivity index (χ1v) is 7.94. The molecule has 19 heavy (non-hydrogen) atoms. The van der Waals surface area contributed by atoms with E-state index in [9.17, 15) is 14.2 Å². The maximum atomic E-state index is 11.3. The summed E-state index contributed by atoms with van der Waals surface area (Å²) in [4.78, 5) is 33.6. The summed E-state index contributed by atoms with van der Waals surface area (Å²) in [5.41, 5.74) is 5.25. The zero-order valence-electron chi connectivity index (χ0n) is 9.86. The van der Waals surface area contributed by atoms with Crippen LogP contribution in [0.5, 0.6) is 0 Å².